The Hall–Kier alpha value is -0.960. The van der Waals surface area contributed by atoms with E-state index in [-0.39, 0.29) is 6.17 Å². The lowest BCUT2D eigenvalue weighted by molar-refractivity contribution is 0.0408. The normalized spacial score (nSPS) is 19.8. The third-order valence-corrected chi connectivity index (χ3v) is 3.81. The zero-order valence-corrected chi connectivity index (χ0v) is 13.2. The van der Waals surface area contributed by atoms with E-state index in [2.05, 4.69) is 24.4 Å². The van der Waals surface area contributed by atoms with Gasteiger partial charge in [0, 0.05) is 12.4 Å². The summed E-state index contributed by atoms with van der Waals surface area (Å²) in [5.74, 6) is 0. The van der Waals surface area contributed by atoms with Gasteiger partial charge in [-0.3, -0.25) is 0 Å². The van der Waals surface area contributed by atoms with Crippen molar-refractivity contribution in [3.8, 4) is 0 Å². The summed E-state index contributed by atoms with van der Waals surface area (Å²) in [4.78, 5) is 1.91. The van der Waals surface area contributed by atoms with E-state index in [0.29, 0.717) is 0 Å². The van der Waals surface area contributed by atoms with Crippen molar-refractivity contribution in [3.05, 3.63) is 24.6 Å². The highest BCUT2D eigenvalue weighted by atomic mass is 16.3. The smallest absolute Gasteiger partial charge is 0.125 e. The maximum absolute atomic E-state index is 9.58. The van der Waals surface area contributed by atoms with Crippen molar-refractivity contribution in [3.63, 3.8) is 0 Å². The first kappa shape index (κ1) is 17.1. The highest BCUT2D eigenvalue weighted by Crippen LogP contribution is 2.12. The van der Waals surface area contributed by atoms with Crippen molar-refractivity contribution >= 4 is 0 Å². The molecule has 2 N–H and O–H groups in total. The van der Waals surface area contributed by atoms with Gasteiger partial charge in [-0.05, 0) is 25.8 Å². The molecule has 0 bridgehead atoms. The number of aliphatic hydroxyl groups is 1. The van der Waals surface area contributed by atoms with Gasteiger partial charge in [0.15, 0.2) is 0 Å². The molecule has 0 spiro atoms. The van der Waals surface area contributed by atoms with Gasteiger partial charge in [-0.25, -0.2) is 0 Å². The number of unbranched alkanes of at least 4 members (excludes halogenated alkanes) is 8. The summed E-state index contributed by atoms with van der Waals surface area (Å²) >= 11 is 0. The van der Waals surface area contributed by atoms with E-state index in [1.54, 1.807) is 6.92 Å². The van der Waals surface area contributed by atoms with Gasteiger partial charge >= 0.3 is 0 Å². The molecule has 1 aliphatic heterocycles. The molecular weight excluding hydrogens is 248 g/mol. The fourth-order valence-electron chi connectivity index (χ4n) is 2.54. The topological polar surface area (TPSA) is 35.5 Å². The molecule has 0 radical (unpaired) electrons. The molecule has 1 aliphatic rings. The summed E-state index contributed by atoms with van der Waals surface area (Å²) < 4.78 is 0. The fourth-order valence-corrected chi connectivity index (χ4v) is 2.54. The molecule has 2 unspecified atom stereocenters. The highest BCUT2D eigenvalue weighted by Gasteiger charge is 2.18. The van der Waals surface area contributed by atoms with Crippen LogP contribution in [0, 0.1) is 0 Å². The Bertz CT molecular complexity index is 287. The van der Waals surface area contributed by atoms with E-state index in [4.69, 9.17) is 0 Å². The van der Waals surface area contributed by atoms with Crippen LogP contribution in [0.25, 0.3) is 0 Å². The van der Waals surface area contributed by atoms with E-state index in [1.165, 1.54) is 51.4 Å². The lowest BCUT2D eigenvalue weighted by Crippen LogP contribution is -2.39. The van der Waals surface area contributed by atoms with E-state index in [1.807, 2.05) is 17.3 Å². The molecule has 0 saturated heterocycles. The molecule has 1 rings (SSSR count). The van der Waals surface area contributed by atoms with Crippen LogP contribution < -0.4 is 5.32 Å². The van der Waals surface area contributed by atoms with Crippen LogP contribution in [0.4, 0.5) is 0 Å². The van der Waals surface area contributed by atoms with Crippen molar-refractivity contribution in [1.29, 1.82) is 0 Å². The summed E-state index contributed by atoms with van der Waals surface area (Å²) in [7, 11) is 0. The van der Waals surface area contributed by atoms with Crippen molar-refractivity contribution in [2.75, 3.05) is 0 Å². The zero-order valence-electron chi connectivity index (χ0n) is 13.2. The van der Waals surface area contributed by atoms with Gasteiger partial charge < -0.3 is 15.3 Å². The van der Waals surface area contributed by atoms with Crippen LogP contribution in [-0.2, 0) is 0 Å². The minimum Gasteiger partial charge on any atom is -0.374 e. The van der Waals surface area contributed by atoms with Crippen molar-refractivity contribution in [1.82, 2.24) is 10.2 Å². The molecule has 20 heavy (non-hydrogen) atoms. The van der Waals surface area contributed by atoms with Crippen LogP contribution in [0.2, 0.25) is 0 Å². The average Bonchev–Trinajstić information content (AvgIpc) is 2.89. The third-order valence-electron chi connectivity index (χ3n) is 3.81. The van der Waals surface area contributed by atoms with Crippen LogP contribution in [0.3, 0.4) is 0 Å². The summed E-state index contributed by atoms with van der Waals surface area (Å²) in [6.07, 6.45) is 19.9. The summed E-state index contributed by atoms with van der Waals surface area (Å²) in [5, 5.41) is 12.8. The van der Waals surface area contributed by atoms with Crippen LogP contribution >= 0.6 is 0 Å². The number of allylic oxidation sites excluding steroid dienone is 1. The Morgan fingerprint density at radius 2 is 1.80 bits per heavy atom. The Kier molecular flexibility index (Phi) is 9.22. The molecule has 0 aromatic heterocycles. The Morgan fingerprint density at radius 1 is 1.15 bits per heavy atom. The molecule has 2 atom stereocenters. The first-order valence-electron chi connectivity index (χ1n) is 8.30. The van der Waals surface area contributed by atoms with Gasteiger partial charge in [-0.1, -0.05) is 57.9 Å². The van der Waals surface area contributed by atoms with Gasteiger partial charge in [0.25, 0.3) is 0 Å². The lowest BCUT2D eigenvalue weighted by atomic mass is 10.1. The van der Waals surface area contributed by atoms with E-state index in [0.717, 1.165) is 6.42 Å². The van der Waals surface area contributed by atoms with Gasteiger partial charge in [0.2, 0.25) is 0 Å². The second kappa shape index (κ2) is 10.8. The second-order valence-electron chi connectivity index (χ2n) is 5.70. The predicted octanol–water partition coefficient (Wildman–Crippen LogP) is 4.11. The second-order valence-corrected chi connectivity index (χ2v) is 5.70. The van der Waals surface area contributed by atoms with Gasteiger partial charge in [0.05, 0.1) is 0 Å². The van der Waals surface area contributed by atoms with Crippen molar-refractivity contribution in [2.45, 2.75) is 84.0 Å². The number of aliphatic hydroxyl groups excluding tert-OH is 1. The molecule has 0 aromatic carbocycles. The molecule has 1 heterocycles. The van der Waals surface area contributed by atoms with Crippen LogP contribution in [0.15, 0.2) is 24.6 Å². The van der Waals surface area contributed by atoms with E-state index < -0.39 is 6.23 Å². The average molecular weight is 280 g/mol. The molecule has 0 fully saturated rings. The Labute approximate surface area is 124 Å². The predicted molar refractivity (Wildman–Crippen MR) is 86.0 cm³/mol. The zero-order chi connectivity index (χ0) is 14.6. The molecule has 3 nitrogen and oxygen atoms in total. The number of nitrogens with zero attached hydrogens (tertiary/aromatic N) is 1. The van der Waals surface area contributed by atoms with Crippen molar-refractivity contribution < 1.29 is 5.11 Å². The molecule has 0 saturated carbocycles. The van der Waals surface area contributed by atoms with Crippen LogP contribution in [0.1, 0.15) is 71.6 Å². The summed E-state index contributed by atoms with van der Waals surface area (Å²) in [6, 6.07) is 0. The molecule has 0 amide bonds. The highest BCUT2D eigenvalue weighted by molar-refractivity contribution is 5.04. The number of hydrogen-bond donors (Lipinski definition) is 2. The fraction of sp³-hybridized carbons (Fsp3) is 0.765. The summed E-state index contributed by atoms with van der Waals surface area (Å²) in [5.41, 5.74) is 0. The third kappa shape index (κ3) is 6.99. The number of rotatable bonds is 11. The standard InChI is InChI=1S/C17H32N2O/c1-3-4-5-6-7-8-9-10-11-12-13-17-18-14-15-19(17)16(2)20/h12-18,20H,3-11H2,1-2H3/b13-12+. The molecule has 116 valence electrons. The maximum Gasteiger partial charge on any atom is 0.125 e. The molecular formula is C17H32N2O. The first-order chi connectivity index (χ1) is 9.75. The SMILES string of the molecule is CCCCCCCCCC/C=C/C1NC=CN1C(C)O. The van der Waals surface area contributed by atoms with Crippen LogP contribution in [0.5, 0.6) is 0 Å². The lowest BCUT2D eigenvalue weighted by Gasteiger charge is -2.25. The molecule has 0 aliphatic carbocycles. The van der Waals surface area contributed by atoms with Gasteiger partial charge in [0.1, 0.15) is 12.4 Å². The number of hydrogen-bond acceptors (Lipinski definition) is 3. The number of nitrogens with one attached hydrogen (secondary N) is 1. The van der Waals surface area contributed by atoms with Gasteiger partial charge in [-0.2, -0.15) is 0 Å². The first-order valence-corrected chi connectivity index (χ1v) is 8.30. The minimum atomic E-state index is -0.445. The minimum absolute atomic E-state index is 0.115. The van der Waals surface area contributed by atoms with E-state index >= 15 is 0 Å². The van der Waals surface area contributed by atoms with Crippen LogP contribution in [-0.4, -0.2) is 22.4 Å². The van der Waals surface area contributed by atoms with Gasteiger partial charge in [-0.15, -0.1) is 0 Å². The Morgan fingerprint density at radius 3 is 2.45 bits per heavy atom. The molecule has 0 aromatic rings. The maximum atomic E-state index is 9.58. The Balaban J connectivity index is 1.97. The summed E-state index contributed by atoms with van der Waals surface area (Å²) in [6.45, 7) is 4.05. The molecule has 3 heteroatoms. The largest absolute Gasteiger partial charge is 0.374 e. The van der Waals surface area contributed by atoms with Crippen molar-refractivity contribution in [2.24, 2.45) is 0 Å². The quantitative estimate of drug-likeness (QED) is 0.441. The monoisotopic (exact) mass is 280 g/mol. The van der Waals surface area contributed by atoms with E-state index in [9.17, 15) is 5.11 Å².